The molecular weight excluding hydrogens is 412 g/mol. The third kappa shape index (κ3) is 5.59. The van der Waals surface area contributed by atoms with E-state index in [1.807, 2.05) is 18.4 Å². The van der Waals surface area contributed by atoms with Gasteiger partial charge < -0.3 is 10.2 Å². The van der Waals surface area contributed by atoms with E-state index in [-0.39, 0.29) is 0 Å². The molecule has 0 aromatic carbocycles. The summed E-state index contributed by atoms with van der Waals surface area (Å²) >= 11 is 3.64. The quantitative estimate of drug-likeness (QED) is 0.542. The van der Waals surface area contributed by atoms with Crippen molar-refractivity contribution in [2.75, 3.05) is 33.7 Å². The van der Waals surface area contributed by atoms with Gasteiger partial charge in [0.25, 0.3) is 0 Å². The average Bonchev–Trinajstić information content (AvgIpc) is 3.34. The first kappa shape index (κ1) is 21.7. The minimum atomic E-state index is 0.704. The Balaban J connectivity index is 1.21. The number of aryl methyl sites for hydroxylation is 3. The van der Waals surface area contributed by atoms with Gasteiger partial charge in [0.1, 0.15) is 5.01 Å². The standard InChI is InChI=1S/C22H34N6S2/c1-16-25-18(15-29-16)13-28-10-8-17(9-11-28)12-24-22(23-2)27(3)14-21-26-19-6-4-5-7-20(19)30-21/h15,17H,4-14H2,1-3H3,(H,23,24). The monoisotopic (exact) mass is 446 g/mol. The van der Waals surface area contributed by atoms with E-state index in [4.69, 9.17) is 4.98 Å². The van der Waals surface area contributed by atoms with Crippen LogP contribution in [-0.2, 0) is 25.9 Å². The Bertz CT molecular complexity index is 826. The summed E-state index contributed by atoms with van der Waals surface area (Å²) in [6, 6.07) is 0. The largest absolute Gasteiger partial charge is 0.356 e. The van der Waals surface area contributed by atoms with Crippen LogP contribution in [0.3, 0.4) is 0 Å². The molecule has 1 saturated heterocycles. The Kier molecular flexibility index (Phi) is 7.38. The van der Waals surface area contributed by atoms with Crippen LogP contribution in [0, 0.1) is 12.8 Å². The van der Waals surface area contributed by atoms with Gasteiger partial charge in [0.15, 0.2) is 5.96 Å². The van der Waals surface area contributed by atoms with Crippen molar-refractivity contribution >= 4 is 28.6 Å². The van der Waals surface area contributed by atoms with Crippen molar-refractivity contribution in [3.63, 3.8) is 0 Å². The lowest BCUT2D eigenvalue weighted by molar-refractivity contribution is 0.176. The first-order chi connectivity index (χ1) is 14.6. The summed E-state index contributed by atoms with van der Waals surface area (Å²) in [6.45, 7) is 7.22. The minimum absolute atomic E-state index is 0.704. The number of piperidine rings is 1. The van der Waals surface area contributed by atoms with Crippen molar-refractivity contribution in [2.45, 2.75) is 58.5 Å². The molecule has 2 aromatic rings. The van der Waals surface area contributed by atoms with Gasteiger partial charge in [-0.05, 0) is 64.5 Å². The third-order valence-corrected chi connectivity index (χ3v) is 8.11. The van der Waals surface area contributed by atoms with E-state index in [0.717, 1.165) is 50.1 Å². The number of fused-ring (bicyclic) bond motifs is 1. The van der Waals surface area contributed by atoms with Gasteiger partial charge in [0.05, 0.1) is 22.9 Å². The number of nitrogens with one attached hydrogen (secondary N) is 1. The van der Waals surface area contributed by atoms with Gasteiger partial charge in [-0.3, -0.25) is 9.89 Å². The van der Waals surface area contributed by atoms with Gasteiger partial charge in [-0.15, -0.1) is 22.7 Å². The third-order valence-electron chi connectivity index (χ3n) is 6.14. The normalized spacial score (nSPS) is 18.4. The van der Waals surface area contributed by atoms with Crippen LogP contribution >= 0.6 is 22.7 Å². The fourth-order valence-electron chi connectivity index (χ4n) is 4.43. The number of hydrogen-bond acceptors (Lipinski definition) is 6. The number of hydrogen-bond donors (Lipinski definition) is 1. The maximum atomic E-state index is 4.89. The highest BCUT2D eigenvalue weighted by atomic mass is 32.1. The zero-order valence-electron chi connectivity index (χ0n) is 18.5. The molecule has 1 N–H and O–H groups in total. The molecular formula is C22H34N6S2. The lowest BCUT2D eigenvalue weighted by atomic mass is 9.97. The fraction of sp³-hybridized carbons (Fsp3) is 0.682. The molecule has 0 atom stereocenters. The van der Waals surface area contributed by atoms with Crippen LogP contribution in [0.25, 0.3) is 0 Å². The van der Waals surface area contributed by atoms with Crippen LogP contribution < -0.4 is 5.32 Å². The summed E-state index contributed by atoms with van der Waals surface area (Å²) < 4.78 is 0. The van der Waals surface area contributed by atoms with E-state index in [0.29, 0.717) is 5.92 Å². The Morgan fingerprint density at radius 3 is 2.77 bits per heavy atom. The smallest absolute Gasteiger partial charge is 0.193 e. The number of rotatable bonds is 6. The first-order valence-corrected chi connectivity index (χ1v) is 12.8. The summed E-state index contributed by atoms with van der Waals surface area (Å²) in [4.78, 5) is 20.3. The van der Waals surface area contributed by atoms with Crippen LogP contribution in [-0.4, -0.2) is 59.5 Å². The predicted octanol–water partition coefficient (Wildman–Crippen LogP) is 3.71. The molecule has 0 unspecified atom stereocenters. The SMILES string of the molecule is CN=C(NCC1CCN(Cc2csc(C)n2)CC1)N(C)Cc1nc2c(s1)CCCC2. The molecule has 1 aliphatic heterocycles. The van der Waals surface area contributed by atoms with Crippen molar-refractivity contribution in [3.05, 3.63) is 31.7 Å². The molecule has 164 valence electrons. The molecule has 1 aliphatic carbocycles. The second-order valence-electron chi connectivity index (χ2n) is 8.55. The van der Waals surface area contributed by atoms with Crippen LogP contribution in [0.2, 0.25) is 0 Å². The number of nitrogens with zero attached hydrogens (tertiary/aromatic N) is 5. The predicted molar refractivity (Wildman–Crippen MR) is 126 cm³/mol. The molecule has 1 fully saturated rings. The van der Waals surface area contributed by atoms with Gasteiger partial charge in [0.2, 0.25) is 0 Å². The van der Waals surface area contributed by atoms with E-state index < -0.39 is 0 Å². The maximum absolute atomic E-state index is 4.89. The highest BCUT2D eigenvalue weighted by Crippen LogP contribution is 2.27. The molecule has 0 spiro atoms. The summed E-state index contributed by atoms with van der Waals surface area (Å²) in [6.07, 6.45) is 7.44. The topological polar surface area (TPSA) is 56.7 Å². The highest BCUT2D eigenvalue weighted by molar-refractivity contribution is 7.11. The van der Waals surface area contributed by atoms with Crippen molar-refractivity contribution in [1.29, 1.82) is 0 Å². The molecule has 0 amide bonds. The second-order valence-corrected chi connectivity index (χ2v) is 10.8. The number of aromatic nitrogens is 2. The molecule has 0 saturated carbocycles. The lowest BCUT2D eigenvalue weighted by Gasteiger charge is -2.32. The minimum Gasteiger partial charge on any atom is -0.356 e. The van der Waals surface area contributed by atoms with Gasteiger partial charge >= 0.3 is 0 Å². The van der Waals surface area contributed by atoms with Gasteiger partial charge in [-0.25, -0.2) is 9.97 Å². The zero-order valence-corrected chi connectivity index (χ0v) is 20.1. The van der Waals surface area contributed by atoms with Crippen LogP contribution in [0.15, 0.2) is 10.4 Å². The van der Waals surface area contributed by atoms with E-state index in [1.54, 1.807) is 11.3 Å². The highest BCUT2D eigenvalue weighted by Gasteiger charge is 2.21. The molecule has 2 aliphatic rings. The van der Waals surface area contributed by atoms with Crippen molar-refractivity contribution in [1.82, 2.24) is 25.1 Å². The maximum Gasteiger partial charge on any atom is 0.193 e. The summed E-state index contributed by atoms with van der Waals surface area (Å²) in [5.41, 5.74) is 2.57. The van der Waals surface area contributed by atoms with Gasteiger partial charge in [0, 0.05) is 37.4 Å². The molecule has 2 aromatic heterocycles. The van der Waals surface area contributed by atoms with Crippen molar-refractivity contribution in [3.8, 4) is 0 Å². The van der Waals surface area contributed by atoms with Crippen LogP contribution in [0.1, 0.15) is 52.0 Å². The summed E-state index contributed by atoms with van der Waals surface area (Å²) in [5, 5.41) is 8.19. The number of aliphatic imine (C=N–C) groups is 1. The lowest BCUT2D eigenvalue weighted by Crippen LogP contribution is -2.43. The van der Waals surface area contributed by atoms with Crippen molar-refractivity contribution in [2.24, 2.45) is 10.9 Å². The van der Waals surface area contributed by atoms with E-state index in [9.17, 15) is 0 Å². The average molecular weight is 447 g/mol. The Morgan fingerprint density at radius 1 is 1.27 bits per heavy atom. The number of guanidine groups is 1. The Morgan fingerprint density at radius 2 is 2.07 bits per heavy atom. The molecule has 6 nitrogen and oxygen atoms in total. The van der Waals surface area contributed by atoms with E-state index >= 15 is 0 Å². The molecule has 3 heterocycles. The van der Waals surface area contributed by atoms with E-state index in [2.05, 4.69) is 44.4 Å². The van der Waals surface area contributed by atoms with E-state index in [1.165, 1.54) is 53.4 Å². The van der Waals surface area contributed by atoms with Crippen LogP contribution in [0.4, 0.5) is 0 Å². The number of thiazole rings is 2. The molecule has 30 heavy (non-hydrogen) atoms. The zero-order chi connectivity index (χ0) is 20.9. The molecule has 0 radical (unpaired) electrons. The number of likely N-dealkylation sites (tertiary alicyclic amines) is 1. The fourth-order valence-corrected chi connectivity index (χ4v) is 6.24. The molecule has 8 heteroatoms. The van der Waals surface area contributed by atoms with Gasteiger partial charge in [-0.1, -0.05) is 0 Å². The molecule has 4 rings (SSSR count). The molecule has 0 bridgehead atoms. The first-order valence-electron chi connectivity index (χ1n) is 11.1. The van der Waals surface area contributed by atoms with Crippen molar-refractivity contribution < 1.29 is 0 Å². The Labute approximate surface area is 188 Å². The van der Waals surface area contributed by atoms with Crippen LogP contribution in [0.5, 0.6) is 0 Å². The second kappa shape index (κ2) is 10.2. The summed E-state index contributed by atoms with van der Waals surface area (Å²) in [5.74, 6) is 1.68. The Hall–Kier alpha value is -1.51. The van der Waals surface area contributed by atoms with Gasteiger partial charge in [-0.2, -0.15) is 0 Å². The summed E-state index contributed by atoms with van der Waals surface area (Å²) in [7, 11) is 4.00.